The van der Waals surface area contributed by atoms with Gasteiger partial charge in [0.1, 0.15) is 11.6 Å². The van der Waals surface area contributed by atoms with Crippen LogP contribution in [0.1, 0.15) is 29.4 Å². The molecule has 1 unspecified atom stereocenters. The molecule has 0 saturated carbocycles. The van der Waals surface area contributed by atoms with E-state index in [1.54, 1.807) is 7.11 Å². The lowest BCUT2D eigenvalue weighted by Crippen LogP contribution is -2.47. The number of anilines is 4. The van der Waals surface area contributed by atoms with E-state index >= 15 is 0 Å². The maximum Gasteiger partial charge on any atom is 0.227 e. The van der Waals surface area contributed by atoms with Crippen LogP contribution >= 0.6 is 11.6 Å². The highest BCUT2D eigenvalue weighted by Crippen LogP contribution is 2.33. The van der Waals surface area contributed by atoms with Crippen molar-refractivity contribution in [2.24, 2.45) is 5.92 Å². The highest BCUT2D eigenvalue weighted by Gasteiger charge is 2.30. The number of hydrogen-bond acceptors (Lipinski definition) is 7. The molecule has 1 aliphatic heterocycles. The Balaban J connectivity index is 1.41. The van der Waals surface area contributed by atoms with Gasteiger partial charge in [-0.05, 0) is 48.7 Å². The summed E-state index contributed by atoms with van der Waals surface area (Å²) >= 11 is 6.04. The van der Waals surface area contributed by atoms with Gasteiger partial charge in [0.25, 0.3) is 0 Å². The zero-order valence-electron chi connectivity index (χ0n) is 19.4. The molecule has 176 valence electrons. The van der Waals surface area contributed by atoms with Crippen molar-refractivity contribution in [1.29, 1.82) is 0 Å². The number of benzene rings is 2. The monoisotopic (exact) mass is 477 g/mol. The highest BCUT2D eigenvalue weighted by molar-refractivity contribution is 6.30. The first kappa shape index (κ1) is 22.5. The number of fused-ring (bicyclic) bond motifs is 1. The third kappa shape index (κ3) is 4.66. The van der Waals surface area contributed by atoms with E-state index in [9.17, 15) is 4.79 Å². The summed E-state index contributed by atoms with van der Waals surface area (Å²) in [7, 11) is 1.69. The van der Waals surface area contributed by atoms with E-state index in [-0.39, 0.29) is 11.7 Å². The third-order valence-corrected chi connectivity index (χ3v) is 6.67. The molecule has 34 heavy (non-hydrogen) atoms. The Morgan fingerprint density at radius 1 is 1.00 bits per heavy atom. The minimum Gasteiger partial charge on any atom is -0.497 e. The van der Waals surface area contributed by atoms with Crippen molar-refractivity contribution >= 4 is 40.5 Å². The number of aromatic nitrogens is 2. The van der Waals surface area contributed by atoms with Crippen LogP contribution in [0.15, 0.2) is 48.5 Å². The van der Waals surface area contributed by atoms with E-state index in [4.69, 9.17) is 26.3 Å². The zero-order valence-corrected chi connectivity index (χ0v) is 20.2. The molecule has 2 aromatic carbocycles. The molecular weight excluding hydrogens is 450 g/mol. The average Bonchev–Trinajstić information content (AvgIpc) is 2.85. The molecule has 1 aliphatic carbocycles. The molecular formula is C26H28ClN5O2. The lowest BCUT2D eigenvalue weighted by atomic mass is 9.87. The van der Waals surface area contributed by atoms with E-state index in [2.05, 4.69) is 34.2 Å². The van der Waals surface area contributed by atoms with Crippen LogP contribution in [0.4, 0.5) is 23.1 Å². The summed E-state index contributed by atoms with van der Waals surface area (Å²) in [5, 5.41) is 4.01. The second-order valence-corrected chi connectivity index (χ2v) is 9.37. The lowest BCUT2D eigenvalue weighted by molar-refractivity contribution is 0.0952. The van der Waals surface area contributed by atoms with Crippen LogP contribution in [0.5, 0.6) is 5.75 Å². The fourth-order valence-corrected chi connectivity index (χ4v) is 4.76. The molecule has 2 heterocycles. The Hall–Kier alpha value is -3.32. The maximum atomic E-state index is 12.9. The Morgan fingerprint density at radius 3 is 2.47 bits per heavy atom. The summed E-state index contributed by atoms with van der Waals surface area (Å²) in [6.45, 7) is 5.38. The fourth-order valence-electron chi connectivity index (χ4n) is 4.63. The number of ketones is 1. The number of rotatable bonds is 5. The number of hydrogen-bond donors (Lipinski definition) is 1. The van der Waals surface area contributed by atoms with Gasteiger partial charge in [-0.2, -0.15) is 4.98 Å². The fraction of sp³-hybridized carbons (Fsp3) is 0.346. The second-order valence-electron chi connectivity index (χ2n) is 8.94. The van der Waals surface area contributed by atoms with Crippen molar-refractivity contribution in [3.05, 3.63) is 64.8 Å². The number of nitrogens with zero attached hydrogens (tertiary/aromatic N) is 4. The Labute approximate surface area is 204 Å². The van der Waals surface area contributed by atoms with Gasteiger partial charge in [-0.3, -0.25) is 4.79 Å². The first-order chi connectivity index (χ1) is 16.5. The molecule has 1 fully saturated rings. The molecule has 0 radical (unpaired) electrons. The van der Waals surface area contributed by atoms with Gasteiger partial charge < -0.3 is 19.9 Å². The minimum atomic E-state index is 0.0969. The topological polar surface area (TPSA) is 70.6 Å². The third-order valence-electron chi connectivity index (χ3n) is 6.41. The van der Waals surface area contributed by atoms with E-state index in [0.717, 1.165) is 55.4 Å². The molecule has 3 aromatic rings. The van der Waals surface area contributed by atoms with Crippen LogP contribution in [0, 0.1) is 5.92 Å². The predicted octanol–water partition coefficient (Wildman–Crippen LogP) is 4.97. The van der Waals surface area contributed by atoms with Crippen LogP contribution in [0.25, 0.3) is 0 Å². The number of piperazine rings is 1. The number of ether oxygens (including phenoxy) is 1. The summed E-state index contributed by atoms with van der Waals surface area (Å²) in [6.07, 6.45) is 1.29. The Bertz CT molecular complexity index is 1190. The van der Waals surface area contributed by atoms with E-state index in [0.29, 0.717) is 28.8 Å². The molecule has 1 atom stereocenters. The summed E-state index contributed by atoms with van der Waals surface area (Å²) in [5.41, 5.74) is 3.44. The van der Waals surface area contributed by atoms with Crippen LogP contribution < -0.4 is 19.9 Å². The number of carbonyl (C=O) groups excluding carboxylic acids is 1. The molecule has 1 N–H and O–H groups in total. The molecule has 1 aromatic heterocycles. The summed E-state index contributed by atoms with van der Waals surface area (Å²) in [5.74, 6) is 2.47. The average molecular weight is 478 g/mol. The first-order valence-corrected chi connectivity index (χ1v) is 12.0. The first-order valence-electron chi connectivity index (χ1n) is 11.6. The normalized spacial score (nSPS) is 18.0. The molecule has 8 heteroatoms. The second kappa shape index (κ2) is 9.50. The highest BCUT2D eigenvalue weighted by atomic mass is 35.5. The van der Waals surface area contributed by atoms with Crippen molar-refractivity contribution < 1.29 is 9.53 Å². The van der Waals surface area contributed by atoms with Gasteiger partial charge in [-0.1, -0.05) is 24.6 Å². The standard InChI is InChI=1S/C26H28ClN5O2/c1-17-14-22-24(23(33)15-17)25(28-19-8-6-18(27)7-9-19)30-26(29-22)32-12-10-31(11-13-32)20-4-3-5-21(16-20)34-2/h3-9,16-17H,10-15H2,1-2H3,(H,28,29,30). The molecule has 0 spiro atoms. The van der Waals surface area contributed by atoms with Crippen LogP contribution in [0.2, 0.25) is 5.02 Å². The predicted molar refractivity (Wildman–Crippen MR) is 136 cm³/mol. The number of methoxy groups -OCH3 is 1. The Morgan fingerprint density at radius 2 is 1.74 bits per heavy atom. The van der Waals surface area contributed by atoms with Gasteiger partial charge in [-0.15, -0.1) is 0 Å². The van der Waals surface area contributed by atoms with Crippen molar-refractivity contribution in [3.63, 3.8) is 0 Å². The zero-order chi connectivity index (χ0) is 23.7. The number of halogens is 1. The van der Waals surface area contributed by atoms with Gasteiger partial charge in [0.15, 0.2) is 5.78 Å². The number of carbonyl (C=O) groups is 1. The van der Waals surface area contributed by atoms with Crippen molar-refractivity contribution in [1.82, 2.24) is 9.97 Å². The molecule has 5 rings (SSSR count). The van der Waals surface area contributed by atoms with Crippen LogP contribution in [0.3, 0.4) is 0 Å². The SMILES string of the molecule is COc1cccc(N2CCN(c3nc4c(c(Nc5ccc(Cl)cc5)n3)C(=O)CC(C)C4)CC2)c1. The van der Waals surface area contributed by atoms with E-state index < -0.39 is 0 Å². The smallest absolute Gasteiger partial charge is 0.227 e. The van der Waals surface area contributed by atoms with Gasteiger partial charge in [0.05, 0.1) is 18.4 Å². The van der Waals surface area contributed by atoms with Crippen molar-refractivity contribution in [2.45, 2.75) is 19.8 Å². The quantitative estimate of drug-likeness (QED) is 0.556. The lowest BCUT2D eigenvalue weighted by Gasteiger charge is -2.36. The van der Waals surface area contributed by atoms with Gasteiger partial charge in [-0.25, -0.2) is 4.98 Å². The minimum absolute atomic E-state index is 0.0969. The molecule has 2 aliphatic rings. The van der Waals surface area contributed by atoms with E-state index in [1.807, 2.05) is 36.4 Å². The Kier molecular flexibility index (Phi) is 6.28. The summed E-state index contributed by atoms with van der Waals surface area (Å²) in [6, 6.07) is 15.6. The maximum absolute atomic E-state index is 12.9. The van der Waals surface area contributed by atoms with Crippen LogP contribution in [-0.2, 0) is 6.42 Å². The van der Waals surface area contributed by atoms with Gasteiger partial charge in [0.2, 0.25) is 5.95 Å². The van der Waals surface area contributed by atoms with Crippen molar-refractivity contribution in [3.8, 4) is 5.75 Å². The van der Waals surface area contributed by atoms with Crippen LogP contribution in [-0.4, -0.2) is 49.0 Å². The van der Waals surface area contributed by atoms with Gasteiger partial charge in [0, 0.05) is 55.1 Å². The molecule has 1 saturated heterocycles. The van der Waals surface area contributed by atoms with Crippen molar-refractivity contribution in [2.75, 3.05) is 48.4 Å². The number of Topliss-reactive ketones (excluding diaryl/α,β-unsaturated/α-hetero) is 1. The van der Waals surface area contributed by atoms with E-state index in [1.165, 1.54) is 0 Å². The summed E-state index contributed by atoms with van der Waals surface area (Å²) < 4.78 is 5.38. The number of nitrogens with one attached hydrogen (secondary N) is 1. The summed E-state index contributed by atoms with van der Waals surface area (Å²) in [4.78, 5) is 27.2. The molecule has 7 nitrogen and oxygen atoms in total. The van der Waals surface area contributed by atoms with Gasteiger partial charge >= 0.3 is 0 Å². The molecule has 0 amide bonds. The largest absolute Gasteiger partial charge is 0.497 e. The molecule has 0 bridgehead atoms.